The van der Waals surface area contributed by atoms with Crippen LogP contribution in [0.5, 0.6) is 11.5 Å². The molecular weight excluding hydrogens is 2070 g/mol. The van der Waals surface area contributed by atoms with Gasteiger partial charge in [0, 0.05) is 5.02 Å². The smallest absolute Gasteiger partial charge is 0.406 e. The van der Waals surface area contributed by atoms with Crippen molar-refractivity contribution < 1.29 is 138 Å². The standard InChI is InChI=1S/C10H10F4O2S.2C10H11F3O3S.C10H11F3O2S.C10H11NO2S.C9H11ClO2S.C9H11FO2S.C9H12O2S.8C3H8/c1-6(2)17(15,16)9-4-7(10(12,13)14)3-8(11)5-9;1-7(2)17(14,15)9-5-3-8(4-6-9)16-10(11,12)13;1-7(2)17(14,15)9-5-3-4-8(6-9)16-10(11,12)13;1-7(2)16(14,15)9-5-3-8(4-6-9)10(11,12)13;1-8(2)14(12,13)10-5-3-9(7-11)4-6-10;2*1-7(2)13(11,12)9-5-3-8(10)4-6-9;1-8(2)12(10,11)9-6-4-3-5-7-9;8*1-3-2/h3-6H,1-2H3;2*3-7H,1-2H3;3-7H,1-2H3;3-6,8H,1-2H3;2*3-7H,1-2H3;3-8H,1-2H3;8*3H2,1-2H3. The van der Waals surface area contributed by atoms with Crippen LogP contribution in [0.4, 0.5) is 61.5 Å². The molecule has 0 fully saturated rings. The highest BCUT2D eigenvalue weighted by Crippen LogP contribution is 2.35. The lowest BCUT2D eigenvalue weighted by Crippen LogP contribution is -2.18. The lowest BCUT2D eigenvalue weighted by atomic mass is 10.2. The summed E-state index contributed by atoms with van der Waals surface area (Å²) in [5.41, 5.74) is -1.69. The van der Waals surface area contributed by atoms with Gasteiger partial charge in [0.25, 0.3) is 0 Å². The lowest BCUT2D eigenvalue weighted by Gasteiger charge is -2.11. The van der Waals surface area contributed by atoms with Crippen LogP contribution in [0, 0.1) is 23.0 Å². The van der Waals surface area contributed by atoms with Crippen molar-refractivity contribution in [2.75, 3.05) is 0 Å². The van der Waals surface area contributed by atoms with Gasteiger partial charge in [0.05, 0.1) is 104 Å². The average Bonchev–Trinajstić information content (AvgIpc) is 0.796. The normalized spacial score (nSPS) is 11.4. The molecule has 0 aliphatic heterocycles. The first-order chi connectivity index (χ1) is 65.2. The summed E-state index contributed by atoms with van der Waals surface area (Å²) >= 11 is 5.65. The van der Waals surface area contributed by atoms with Crippen LogP contribution in [0.25, 0.3) is 0 Å². The molecule has 0 aromatic heterocycles. The minimum absolute atomic E-state index is 0.0259. The summed E-state index contributed by atoms with van der Waals surface area (Å²) in [6.45, 7) is 58.6. The van der Waals surface area contributed by atoms with Crippen molar-refractivity contribution in [2.24, 2.45) is 0 Å². The molecule has 0 N–H and O–H groups in total. The number of nitriles is 1. The number of halogens is 15. The molecule has 0 spiro atoms. The van der Waals surface area contributed by atoms with E-state index in [1.807, 2.05) is 6.07 Å². The third-order valence-electron chi connectivity index (χ3n) is 15.4. The van der Waals surface area contributed by atoms with E-state index in [4.69, 9.17) is 16.9 Å². The Balaban J connectivity index is -0.000000235. The Morgan fingerprint density at radius 1 is 0.252 bits per heavy atom. The van der Waals surface area contributed by atoms with Crippen LogP contribution in [0.3, 0.4) is 0 Å². The second kappa shape index (κ2) is 73.8. The topological polar surface area (TPSA) is 315 Å². The number of ether oxygens (including phenoxy) is 2. The molecule has 42 heteroatoms. The summed E-state index contributed by atoms with van der Waals surface area (Å²) in [6.07, 6.45) is -8.83. The maximum Gasteiger partial charge on any atom is 0.573 e. The fourth-order valence-electron chi connectivity index (χ4n) is 8.16. The van der Waals surface area contributed by atoms with Gasteiger partial charge in [0.15, 0.2) is 78.7 Å². The molecule has 8 aromatic carbocycles. The van der Waals surface area contributed by atoms with Crippen molar-refractivity contribution in [3.05, 3.63) is 227 Å². The summed E-state index contributed by atoms with van der Waals surface area (Å²) in [6, 6.07) is 40.8. The minimum Gasteiger partial charge on any atom is -0.406 e. The van der Waals surface area contributed by atoms with E-state index < -0.39 is 180 Å². The molecule has 143 heavy (non-hydrogen) atoms. The fourth-order valence-corrected chi connectivity index (χ4v) is 16.9. The third kappa shape index (κ3) is 63.2. The fraction of sp³-hybridized carbons (Fsp3) is 0.515. The molecule has 0 atom stereocenters. The predicted octanol–water partition coefficient (Wildman–Crippen LogP) is 30.9. The summed E-state index contributed by atoms with van der Waals surface area (Å²) in [5, 5.41) is 4.54. The van der Waals surface area contributed by atoms with Crippen molar-refractivity contribution in [1.82, 2.24) is 0 Å². The van der Waals surface area contributed by atoms with Crippen molar-refractivity contribution in [3.63, 3.8) is 0 Å². The number of alkyl halides is 12. The van der Waals surface area contributed by atoms with Crippen molar-refractivity contribution in [1.29, 1.82) is 5.26 Å². The van der Waals surface area contributed by atoms with E-state index in [9.17, 15) is 129 Å². The van der Waals surface area contributed by atoms with Gasteiger partial charge in [-0.05, 0) is 281 Å². The molecule has 0 bridgehead atoms. The molecule has 8 aromatic rings. The van der Waals surface area contributed by atoms with Gasteiger partial charge >= 0.3 is 25.1 Å². The largest absolute Gasteiger partial charge is 0.573 e. The second-order valence-electron chi connectivity index (χ2n) is 32.5. The van der Waals surface area contributed by atoms with Crippen molar-refractivity contribution >= 4 is 90.3 Å². The van der Waals surface area contributed by atoms with Gasteiger partial charge in [0.1, 0.15) is 23.1 Å². The maximum atomic E-state index is 13.0. The zero-order valence-corrected chi connectivity index (χ0v) is 95.3. The van der Waals surface area contributed by atoms with E-state index in [1.165, 1.54) is 167 Å². The van der Waals surface area contributed by atoms with Crippen molar-refractivity contribution in [2.45, 2.75) is 379 Å². The van der Waals surface area contributed by atoms with Crippen LogP contribution in [0.15, 0.2) is 233 Å². The second-order valence-corrected chi connectivity index (χ2v) is 53.0. The Morgan fingerprint density at radius 3 is 0.734 bits per heavy atom. The molecule has 0 radical (unpaired) electrons. The highest BCUT2D eigenvalue weighted by Gasteiger charge is 2.36. The zero-order chi connectivity index (χ0) is 114. The van der Waals surface area contributed by atoms with E-state index in [0.717, 1.165) is 72.8 Å². The van der Waals surface area contributed by atoms with E-state index in [1.54, 1.807) is 97.9 Å². The van der Waals surface area contributed by atoms with Crippen LogP contribution in [0.2, 0.25) is 5.02 Å². The van der Waals surface area contributed by atoms with Gasteiger partial charge in [-0.3, -0.25) is 0 Å². The SMILES string of the molecule is CC(C)S(=O)(=O)c1cc(F)cc(C(F)(F)F)c1.CC(C)S(=O)(=O)c1ccc(C#N)cc1.CC(C)S(=O)(=O)c1ccc(C(F)(F)F)cc1.CC(C)S(=O)(=O)c1ccc(Cl)cc1.CC(C)S(=O)(=O)c1ccc(F)cc1.CC(C)S(=O)(=O)c1ccc(OC(F)(F)F)cc1.CC(C)S(=O)(=O)c1cccc(OC(F)(F)F)c1.CC(C)S(=O)(=O)c1ccccc1.CCC.CCC.CCC.CCC.CCC.CCC.CCC.CCC. The lowest BCUT2D eigenvalue weighted by molar-refractivity contribution is -0.275. The van der Waals surface area contributed by atoms with Gasteiger partial charge < -0.3 is 9.47 Å². The van der Waals surface area contributed by atoms with Gasteiger partial charge in [-0.25, -0.2) is 76.1 Å². The molecule has 0 aliphatic carbocycles. The highest BCUT2D eigenvalue weighted by molar-refractivity contribution is 7.94. The molecule has 0 heterocycles. The monoisotopic (exact) mass is 2220 g/mol. The summed E-state index contributed by atoms with van der Waals surface area (Å²) < 4.78 is 364. The molecule has 0 saturated carbocycles. The summed E-state index contributed by atoms with van der Waals surface area (Å²) in [5.74, 6) is -2.64. The average molecular weight is 2230 g/mol. The Labute approximate surface area is 852 Å². The van der Waals surface area contributed by atoms with Crippen LogP contribution in [0.1, 0.15) is 290 Å². The number of rotatable bonds is 18. The van der Waals surface area contributed by atoms with Crippen LogP contribution in [-0.4, -0.2) is 122 Å². The number of hydrogen-bond acceptors (Lipinski definition) is 19. The van der Waals surface area contributed by atoms with E-state index in [0.29, 0.717) is 32.5 Å². The molecule has 0 aliphatic rings. The molecule has 8 rings (SSSR count). The first kappa shape index (κ1) is 150. The van der Waals surface area contributed by atoms with E-state index in [2.05, 4.69) is 120 Å². The highest BCUT2D eigenvalue weighted by atomic mass is 35.5. The summed E-state index contributed by atoms with van der Waals surface area (Å²) in [7, 11) is -27.2. The number of nitrogens with zero attached hydrogens (tertiary/aromatic N) is 1. The summed E-state index contributed by atoms with van der Waals surface area (Å²) in [4.78, 5) is 0.217. The predicted molar refractivity (Wildman–Crippen MR) is 551 cm³/mol. The number of benzene rings is 8. The first-order valence-electron chi connectivity index (χ1n) is 45.9. The van der Waals surface area contributed by atoms with Crippen LogP contribution in [-0.2, 0) is 91.1 Å². The van der Waals surface area contributed by atoms with Crippen LogP contribution < -0.4 is 9.47 Å². The number of sulfone groups is 8. The maximum absolute atomic E-state index is 13.0. The minimum atomic E-state index is -4.83. The van der Waals surface area contributed by atoms with Gasteiger partial charge in [-0.2, -0.15) is 31.6 Å². The van der Waals surface area contributed by atoms with Crippen LogP contribution >= 0.6 is 11.6 Å². The van der Waals surface area contributed by atoms with Gasteiger partial charge in [0.2, 0.25) is 0 Å². The molecular formula is C101H152ClF14NO18S8. The first-order valence-corrected chi connectivity index (χ1v) is 58.7. The zero-order valence-electron chi connectivity index (χ0n) is 88.0. The molecule has 0 unspecified atom stereocenters. The van der Waals surface area contributed by atoms with Gasteiger partial charge in [-0.15, -0.1) is 26.3 Å². The Kier molecular flexibility index (Phi) is 77.4. The quantitative estimate of drug-likeness (QED) is 0.0569. The molecule has 822 valence electrons. The Hall–Kier alpha value is -8.24. The number of hydrogen-bond donors (Lipinski definition) is 0. The molecule has 0 saturated heterocycles. The van der Waals surface area contributed by atoms with Gasteiger partial charge in [-0.1, -0.05) is 198 Å². The van der Waals surface area contributed by atoms with E-state index >= 15 is 0 Å². The van der Waals surface area contributed by atoms with Crippen molar-refractivity contribution in [3.8, 4) is 17.6 Å². The third-order valence-corrected chi connectivity index (χ3v) is 33.0. The Bertz CT molecular complexity index is 5670. The molecule has 0 amide bonds. The Morgan fingerprint density at radius 2 is 0.476 bits per heavy atom. The van der Waals surface area contributed by atoms with E-state index in [-0.39, 0.29) is 35.8 Å². The molecule has 19 nitrogen and oxygen atoms in total.